The molecule has 0 atom stereocenters. The lowest BCUT2D eigenvalue weighted by Crippen LogP contribution is -2.21. The Hall–Kier alpha value is -3.19. The second kappa shape index (κ2) is 5.47. The van der Waals surface area contributed by atoms with Gasteiger partial charge in [-0.05, 0) is 42.8 Å². The van der Waals surface area contributed by atoms with Crippen LogP contribution in [0.15, 0.2) is 47.5 Å². The topological polar surface area (TPSA) is 95.3 Å². The van der Waals surface area contributed by atoms with Gasteiger partial charge in [-0.25, -0.2) is 4.98 Å². The number of H-pyrrole nitrogens is 1. The van der Waals surface area contributed by atoms with E-state index in [4.69, 9.17) is 0 Å². The first-order valence-electron chi connectivity index (χ1n) is 7.48. The molecular formula is C17H15N5O2. The van der Waals surface area contributed by atoms with E-state index in [1.165, 1.54) is 4.40 Å². The van der Waals surface area contributed by atoms with Crippen molar-refractivity contribution in [2.24, 2.45) is 0 Å². The fourth-order valence-electron chi connectivity index (χ4n) is 2.68. The second-order valence-electron chi connectivity index (χ2n) is 5.63. The number of pyridine rings is 1. The highest BCUT2D eigenvalue weighted by atomic mass is 16.3. The quantitative estimate of drug-likeness (QED) is 0.537. The number of aryl methyl sites for hydroxylation is 1. The summed E-state index contributed by atoms with van der Waals surface area (Å²) in [5, 5.41) is 20.6. The molecule has 0 saturated carbocycles. The Morgan fingerprint density at radius 1 is 1.29 bits per heavy atom. The van der Waals surface area contributed by atoms with Crippen molar-refractivity contribution in [2.45, 2.75) is 13.5 Å². The van der Waals surface area contributed by atoms with Gasteiger partial charge in [0.05, 0.1) is 23.9 Å². The zero-order valence-electron chi connectivity index (χ0n) is 12.9. The maximum absolute atomic E-state index is 12.6. The van der Waals surface area contributed by atoms with Gasteiger partial charge >= 0.3 is 0 Å². The van der Waals surface area contributed by atoms with Crippen LogP contribution in [0.1, 0.15) is 11.1 Å². The average molecular weight is 321 g/mol. The molecule has 24 heavy (non-hydrogen) atoms. The van der Waals surface area contributed by atoms with Crippen molar-refractivity contribution in [1.82, 2.24) is 19.6 Å². The first-order chi connectivity index (χ1) is 11.7. The summed E-state index contributed by atoms with van der Waals surface area (Å²) >= 11 is 0. The molecule has 0 bridgehead atoms. The Kier molecular flexibility index (Phi) is 3.28. The van der Waals surface area contributed by atoms with E-state index in [-0.39, 0.29) is 17.7 Å². The molecule has 1 aromatic carbocycles. The van der Waals surface area contributed by atoms with Crippen LogP contribution < -0.4 is 10.9 Å². The first kappa shape index (κ1) is 14.4. The van der Waals surface area contributed by atoms with Crippen molar-refractivity contribution >= 4 is 28.1 Å². The zero-order valence-corrected chi connectivity index (χ0v) is 12.9. The number of aromatic amines is 1. The number of nitrogens with zero attached hydrogens (tertiary/aromatic N) is 3. The zero-order chi connectivity index (χ0) is 16.7. The van der Waals surface area contributed by atoms with Crippen LogP contribution in [-0.4, -0.2) is 24.7 Å². The molecule has 7 nitrogen and oxygen atoms in total. The van der Waals surface area contributed by atoms with E-state index in [2.05, 4.69) is 20.5 Å². The van der Waals surface area contributed by atoms with E-state index in [1.54, 1.807) is 12.4 Å². The molecule has 3 aromatic heterocycles. The third kappa shape index (κ3) is 2.31. The van der Waals surface area contributed by atoms with Crippen LogP contribution >= 0.6 is 0 Å². The van der Waals surface area contributed by atoms with Crippen LogP contribution in [0, 0.1) is 6.92 Å². The largest absolute Gasteiger partial charge is 0.391 e. The number of hydrogen-bond acceptors (Lipinski definition) is 5. The van der Waals surface area contributed by atoms with Gasteiger partial charge in [0.15, 0.2) is 0 Å². The standard InChI is InChI=1S/C17H15N5O2/c1-10-4-5-22-15(6-10)20-16(13(9-23)17(22)24)19-12-2-3-14-11(7-12)8-18-21-14/h2-8,19,23H,9H2,1H3,(H,18,21). The van der Waals surface area contributed by atoms with Crippen molar-refractivity contribution < 1.29 is 5.11 Å². The summed E-state index contributed by atoms with van der Waals surface area (Å²) in [6, 6.07) is 9.31. The van der Waals surface area contributed by atoms with E-state index >= 15 is 0 Å². The van der Waals surface area contributed by atoms with E-state index in [0.717, 1.165) is 22.2 Å². The Morgan fingerprint density at radius 2 is 2.17 bits per heavy atom. The highest BCUT2D eigenvalue weighted by Gasteiger charge is 2.12. The van der Waals surface area contributed by atoms with Gasteiger partial charge < -0.3 is 10.4 Å². The molecule has 120 valence electrons. The summed E-state index contributed by atoms with van der Waals surface area (Å²) in [5.74, 6) is 0.357. The van der Waals surface area contributed by atoms with Crippen LogP contribution in [0.4, 0.5) is 11.5 Å². The van der Waals surface area contributed by atoms with Crippen LogP contribution in [0.3, 0.4) is 0 Å². The number of aromatic nitrogens is 4. The molecule has 0 aliphatic rings. The minimum Gasteiger partial charge on any atom is -0.391 e. The summed E-state index contributed by atoms with van der Waals surface area (Å²) in [6.07, 6.45) is 3.39. The Balaban J connectivity index is 1.86. The molecule has 4 rings (SSSR count). The summed E-state index contributed by atoms with van der Waals surface area (Å²) in [4.78, 5) is 17.1. The van der Waals surface area contributed by atoms with Crippen molar-refractivity contribution in [1.29, 1.82) is 0 Å². The fraction of sp³-hybridized carbons (Fsp3) is 0.118. The smallest absolute Gasteiger partial charge is 0.265 e. The number of fused-ring (bicyclic) bond motifs is 2. The van der Waals surface area contributed by atoms with Crippen molar-refractivity contribution in [3.63, 3.8) is 0 Å². The Bertz CT molecular complexity index is 1110. The van der Waals surface area contributed by atoms with Gasteiger partial charge in [-0.2, -0.15) is 5.10 Å². The van der Waals surface area contributed by atoms with Crippen molar-refractivity contribution in [3.05, 3.63) is 64.2 Å². The number of anilines is 2. The highest BCUT2D eigenvalue weighted by molar-refractivity contribution is 5.82. The number of benzene rings is 1. The Morgan fingerprint density at radius 3 is 3.00 bits per heavy atom. The van der Waals surface area contributed by atoms with Crippen LogP contribution in [0.25, 0.3) is 16.6 Å². The maximum atomic E-state index is 12.6. The number of aliphatic hydroxyl groups excluding tert-OH is 1. The monoisotopic (exact) mass is 321 g/mol. The van der Waals surface area contributed by atoms with Gasteiger partial charge in [-0.15, -0.1) is 0 Å². The molecule has 0 saturated heterocycles. The molecule has 4 aromatic rings. The molecule has 0 radical (unpaired) electrons. The molecule has 0 fully saturated rings. The molecule has 0 amide bonds. The molecule has 0 aliphatic heterocycles. The molecule has 0 unspecified atom stereocenters. The number of rotatable bonds is 3. The van der Waals surface area contributed by atoms with Crippen LogP contribution in [-0.2, 0) is 6.61 Å². The summed E-state index contributed by atoms with van der Waals surface area (Å²) < 4.78 is 1.43. The van der Waals surface area contributed by atoms with E-state index in [9.17, 15) is 9.90 Å². The minimum absolute atomic E-state index is 0.226. The number of nitrogens with one attached hydrogen (secondary N) is 2. The summed E-state index contributed by atoms with van der Waals surface area (Å²) in [5.41, 5.74) is 3.17. The Labute approximate surface area is 136 Å². The third-order valence-corrected chi connectivity index (χ3v) is 3.94. The number of hydrogen-bond donors (Lipinski definition) is 3. The van der Waals surface area contributed by atoms with Gasteiger partial charge in [0, 0.05) is 17.3 Å². The predicted molar refractivity (Wildman–Crippen MR) is 91.5 cm³/mol. The molecule has 0 spiro atoms. The summed E-state index contributed by atoms with van der Waals surface area (Å²) in [6.45, 7) is 1.55. The van der Waals surface area contributed by atoms with Gasteiger partial charge in [-0.1, -0.05) is 0 Å². The lowest BCUT2D eigenvalue weighted by molar-refractivity contribution is 0.280. The predicted octanol–water partition coefficient (Wildman–Crippen LogP) is 2.12. The van der Waals surface area contributed by atoms with Gasteiger partial charge in [0.2, 0.25) is 0 Å². The first-order valence-corrected chi connectivity index (χ1v) is 7.48. The van der Waals surface area contributed by atoms with Crippen LogP contribution in [0.2, 0.25) is 0 Å². The van der Waals surface area contributed by atoms with Gasteiger partial charge in [0.25, 0.3) is 5.56 Å². The average Bonchev–Trinajstić information content (AvgIpc) is 3.02. The fourth-order valence-corrected chi connectivity index (χ4v) is 2.68. The highest BCUT2D eigenvalue weighted by Crippen LogP contribution is 2.22. The number of aliphatic hydroxyl groups is 1. The third-order valence-electron chi connectivity index (χ3n) is 3.94. The molecule has 7 heteroatoms. The van der Waals surface area contributed by atoms with E-state index < -0.39 is 0 Å². The van der Waals surface area contributed by atoms with Gasteiger partial charge in [0.1, 0.15) is 11.5 Å². The molecule has 3 N–H and O–H groups in total. The van der Waals surface area contributed by atoms with Gasteiger partial charge in [-0.3, -0.25) is 14.3 Å². The lowest BCUT2D eigenvalue weighted by Gasteiger charge is -2.12. The minimum atomic E-state index is -0.390. The van der Waals surface area contributed by atoms with E-state index in [0.29, 0.717) is 11.5 Å². The summed E-state index contributed by atoms with van der Waals surface area (Å²) in [7, 11) is 0. The molecule has 0 aliphatic carbocycles. The molecular weight excluding hydrogens is 306 g/mol. The molecule has 3 heterocycles. The SMILES string of the molecule is Cc1ccn2c(=O)c(CO)c(Nc3ccc4[nH]ncc4c3)nc2c1. The van der Waals surface area contributed by atoms with Crippen LogP contribution in [0.5, 0.6) is 0 Å². The van der Waals surface area contributed by atoms with E-state index in [1.807, 2.05) is 37.3 Å². The maximum Gasteiger partial charge on any atom is 0.265 e. The van der Waals surface area contributed by atoms with Crippen molar-refractivity contribution in [2.75, 3.05) is 5.32 Å². The van der Waals surface area contributed by atoms with Crippen molar-refractivity contribution in [3.8, 4) is 0 Å². The lowest BCUT2D eigenvalue weighted by atomic mass is 10.2. The second-order valence-corrected chi connectivity index (χ2v) is 5.63. The normalized spacial score (nSPS) is 11.2.